The fourth-order valence-corrected chi connectivity index (χ4v) is 2.13. The molecule has 0 amide bonds. The first kappa shape index (κ1) is 10.9. The molecule has 0 aliphatic carbocycles. The maximum Gasteiger partial charge on any atom is 0.221 e. The first-order chi connectivity index (χ1) is 7.65. The molecule has 3 heteroatoms. The molecule has 0 spiro atoms. The van der Waals surface area contributed by atoms with Gasteiger partial charge in [-0.3, -0.25) is 4.79 Å². The van der Waals surface area contributed by atoms with Gasteiger partial charge in [0, 0.05) is 9.75 Å². The minimum atomic E-state index is -0.0980. The second-order valence-electron chi connectivity index (χ2n) is 3.56. The molecule has 0 saturated heterocycles. The summed E-state index contributed by atoms with van der Waals surface area (Å²) in [5.74, 6) is 1.05. The third-order valence-electron chi connectivity index (χ3n) is 2.14. The molecule has 0 fully saturated rings. The molecule has 0 bridgehead atoms. The fourth-order valence-electron chi connectivity index (χ4n) is 1.35. The Labute approximate surface area is 98.2 Å². The fraction of sp³-hybridized carbons (Fsp3) is 0.154. The van der Waals surface area contributed by atoms with Gasteiger partial charge in [-0.25, -0.2) is 0 Å². The Morgan fingerprint density at radius 1 is 1.25 bits per heavy atom. The number of hydrogen-bond acceptors (Lipinski definition) is 3. The van der Waals surface area contributed by atoms with Crippen molar-refractivity contribution >= 4 is 23.2 Å². The van der Waals surface area contributed by atoms with Crippen molar-refractivity contribution in [3.63, 3.8) is 0 Å². The van der Waals surface area contributed by atoms with E-state index in [0.717, 1.165) is 10.6 Å². The molecule has 0 atom stereocenters. The van der Waals surface area contributed by atoms with Crippen molar-refractivity contribution in [2.24, 2.45) is 0 Å². The first-order valence-corrected chi connectivity index (χ1v) is 5.82. The lowest BCUT2D eigenvalue weighted by Gasteiger charge is -1.88. The van der Waals surface area contributed by atoms with Crippen molar-refractivity contribution in [1.29, 1.82) is 0 Å². The molecule has 2 aromatic rings. The van der Waals surface area contributed by atoms with Crippen LogP contribution in [0.25, 0.3) is 6.08 Å². The van der Waals surface area contributed by atoms with E-state index in [1.807, 2.05) is 32.1 Å². The smallest absolute Gasteiger partial charge is 0.221 e. The van der Waals surface area contributed by atoms with Gasteiger partial charge in [-0.2, -0.15) is 0 Å². The van der Waals surface area contributed by atoms with E-state index in [1.54, 1.807) is 29.5 Å². The average molecular weight is 232 g/mol. The number of allylic oxidation sites excluding steroid dienone is 1. The molecule has 2 rings (SSSR count). The van der Waals surface area contributed by atoms with Gasteiger partial charge >= 0.3 is 0 Å². The molecular weight excluding hydrogens is 220 g/mol. The normalized spacial score (nSPS) is 11.1. The summed E-state index contributed by atoms with van der Waals surface area (Å²) in [5, 5.41) is 0. The van der Waals surface area contributed by atoms with Gasteiger partial charge in [-0.1, -0.05) is 0 Å². The zero-order valence-electron chi connectivity index (χ0n) is 9.19. The summed E-state index contributed by atoms with van der Waals surface area (Å²) in [6, 6.07) is 7.51. The van der Waals surface area contributed by atoms with Crippen LogP contribution in [0.1, 0.15) is 26.1 Å². The Kier molecular flexibility index (Phi) is 3.06. The van der Waals surface area contributed by atoms with E-state index >= 15 is 0 Å². The van der Waals surface area contributed by atoms with E-state index in [2.05, 4.69) is 0 Å². The van der Waals surface area contributed by atoms with E-state index in [0.29, 0.717) is 5.76 Å². The summed E-state index contributed by atoms with van der Waals surface area (Å²) in [6.07, 6.45) is 3.36. The topological polar surface area (TPSA) is 30.2 Å². The zero-order valence-corrected chi connectivity index (χ0v) is 10.0. The lowest BCUT2D eigenvalue weighted by atomic mass is 10.2. The Balaban J connectivity index is 2.10. The first-order valence-electron chi connectivity index (χ1n) is 5.00. The highest BCUT2D eigenvalue weighted by Crippen LogP contribution is 2.17. The molecular formula is C13H12O2S. The average Bonchev–Trinajstić information content (AvgIpc) is 2.84. The van der Waals surface area contributed by atoms with Crippen molar-refractivity contribution in [1.82, 2.24) is 0 Å². The summed E-state index contributed by atoms with van der Waals surface area (Å²) in [6.45, 7) is 3.86. The molecule has 0 radical (unpaired) electrons. The van der Waals surface area contributed by atoms with Gasteiger partial charge < -0.3 is 4.42 Å². The van der Waals surface area contributed by atoms with Gasteiger partial charge in [0.1, 0.15) is 5.76 Å². The molecule has 0 aliphatic rings. The van der Waals surface area contributed by atoms with Gasteiger partial charge in [0.2, 0.25) is 5.78 Å². The number of hydrogen-bond donors (Lipinski definition) is 0. The predicted molar refractivity (Wildman–Crippen MR) is 65.9 cm³/mol. The van der Waals surface area contributed by atoms with Gasteiger partial charge in [-0.15, -0.1) is 11.3 Å². The molecule has 0 aliphatic heterocycles. The van der Waals surface area contributed by atoms with Crippen LogP contribution in [-0.4, -0.2) is 5.78 Å². The van der Waals surface area contributed by atoms with Crippen LogP contribution in [0.5, 0.6) is 0 Å². The number of aryl methyl sites for hydroxylation is 2. The lowest BCUT2D eigenvalue weighted by molar-refractivity contribution is 0.102. The van der Waals surface area contributed by atoms with Crippen molar-refractivity contribution in [3.8, 4) is 0 Å². The summed E-state index contributed by atoms with van der Waals surface area (Å²) in [4.78, 5) is 14.0. The maximum atomic E-state index is 11.7. The third kappa shape index (κ3) is 2.49. The number of furan rings is 1. The molecule has 0 N–H and O–H groups in total. The summed E-state index contributed by atoms with van der Waals surface area (Å²) in [7, 11) is 0. The molecule has 2 nitrogen and oxygen atoms in total. The van der Waals surface area contributed by atoms with Gasteiger partial charge in [0.05, 0.1) is 0 Å². The second kappa shape index (κ2) is 4.49. The maximum absolute atomic E-state index is 11.7. The minimum Gasteiger partial charge on any atom is -0.458 e. The van der Waals surface area contributed by atoms with Crippen LogP contribution < -0.4 is 0 Å². The molecule has 2 aromatic heterocycles. The SMILES string of the molecule is Cc1ccc(C(=O)C=Cc2ccc(C)s2)o1. The van der Waals surface area contributed by atoms with Crippen LogP contribution in [0.3, 0.4) is 0 Å². The van der Waals surface area contributed by atoms with Crippen LogP contribution in [0, 0.1) is 13.8 Å². The standard InChI is InChI=1S/C13H12O2S/c1-9-3-8-13(15-9)12(14)7-6-11-5-4-10(2)16-11/h3-8H,1-2H3. The van der Waals surface area contributed by atoms with Crippen LogP contribution >= 0.6 is 11.3 Å². The van der Waals surface area contributed by atoms with Gasteiger partial charge in [0.25, 0.3) is 0 Å². The Morgan fingerprint density at radius 2 is 2.06 bits per heavy atom. The highest BCUT2D eigenvalue weighted by atomic mass is 32.1. The second-order valence-corrected chi connectivity index (χ2v) is 4.88. The Hall–Kier alpha value is -1.61. The monoisotopic (exact) mass is 232 g/mol. The lowest BCUT2D eigenvalue weighted by Crippen LogP contribution is -1.89. The van der Waals surface area contributed by atoms with E-state index in [4.69, 9.17) is 4.42 Å². The third-order valence-corrected chi connectivity index (χ3v) is 3.11. The van der Waals surface area contributed by atoms with E-state index in [-0.39, 0.29) is 5.78 Å². The highest BCUT2D eigenvalue weighted by Gasteiger charge is 2.05. The van der Waals surface area contributed by atoms with Gasteiger partial charge in [-0.05, 0) is 50.3 Å². The van der Waals surface area contributed by atoms with Crippen molar-refractivity contribution in [3.05, 3.63) is 51.6 Å². The quantitative estimate of drug-likeness (QED) is 0.594. The summed E-state index contributed by atoms with van der Waals surface area (Å²) >= 11 is 1.66. The Bertz CT molecular complexity index is 532. The predicted octanol–water partition coefficient (Wildman–Crippen LogP) is 3.85. The summed E-state index contributed by atoms with van der Waals surface area (Å²) < 4.78 is 5.24. The molecule has 2 heterocycles. The van der Waals surface area contributed by atoms with Crippen molar-refractivity contribution in [2.45, 2.75) is 13.8 Å². The van der Waals surface area contributed by atoms with Crippen LogP contribution in [0.4, 0.5) is 0 Å². The zero-order chi connectivity index (χ0) is 11.5. The minimum absolute atomic E-state index is 0.0980. The molecule has 0 unspecified atom stereocenters. The van der Waals surface area contributed by atoms with Crippen LogP contribution in [0.15, 0.2) is 34.8 Å². The number of carbonyl (C=O) groups is 1. The van der Waals surface area contributed by atoms with E-state index < -0.39 is 0 Å². The highest BCUT2D eigenvalue weighted by molar-refractivity contribution is 7.12. The molecule has 82 valence electrons. The van der Waals surface area contributed by atoms with Gasteiger partial charge in [0.15, 0.2) is 5.76 Å². The Morgan fingerprint density at radius 3 is 2.62 bits per heavy atom. The number of rotatable bonds is 3. The van der Waals surface area contributed by atoms with E-state index in [1.165, 1.54) is 4.88 Å². The van der Waals surface area contributed by atoms with Crippen molar-refractivity contribution < 1.29 is 9.21 Å². The van der Waals surface area contributed by atoms with Crippen LogP contribution in [-0.2, 0) is 0 Å². The number of thiophene rings is 1. The molecule has 16 heavy (non-hydrogen) atoms. The number of carbonyl (C=O) groups excluding carboxylic acids is 1. The van der Waals surface area contributed by atoms with E-state index in [9.17, 15) is 4.79 Å². The van der Waals surface area contributed by atoms with Crippen molar-refractivity contribution in [2.75, 3.05) is 0 Å². The number of ketones is 1. The summed E-state index contributed by atoms with van der Waals surface area (Å²) in [5.41, 5.74) is 0. The molecule has 0 saturated carbocycles. The molecule has 0 aromatic carbocycles. The van der Waals surface area contributed by atoms with Crippen LogP contribution in [0.2, 0.25) is 0 Å². The largest absolute Gasteiger partial charge is 0.458 e.